The zero-order chi connectivity index (χ0) is 11.3. The Hall–Kier alpha value is -0.450. The van der Waals surface area contributed by atoms with Gasteiger partial charge in [-0.05, 0) is 19.8 Å². The largest absolute Gasteiger partial charge is 0.392 e. The minimum absolute atomic E-state index is 0.225. The average Bonchev–Trinajstić information content (AvgIpc) is 2.73. The minimum Gasteiger partial charge on any atom is -0.392 e. The van der Waals surface area contributed by atoms with Crippen molar-refractivity contribution in [1.29, 1.82) is 0 Å². The Kier molecular flexibility index (Phi) is 5.22. The van der Waals surface area contributed by atoms with Gasteiger partial charge in [0.15, 0.2) is 0 Å². The van der Waals surface area contributed by atoms with E-state index >= 15 is 0 Å². The molecule has 0 amide bonds. The summed E-state index contributed by atoms with van der Waals surface area (Å²) in [5.74, 6) is 0. The second-order valence-electron chi connectivity index (χ2n) is 3.71. The molecule has 0 aliphatic heterocycles. The molecule has 1 aromatic heterocycles. The van der Waals surface area contributed by atoms with Crippen molar-refractivity contribution in [2.45, 2.75) is 45.8 Å². The number of nitrogens with zero attached hydrogens (tertiary/aromatic N) is 1. The lowest BCUT2D eigenvalue weighted by atomic mass is 10.2. The fourth-order valence-corrected chi connectivity index (χ4v) is 2.09. The molecule has 2 N–H and O–H groups in total. The summed E-state index contributed by atoms with van der Waals surface area (Å²) in [6.45, 7) is 6.81. The molecule has 0 aromatic carbocycles. The van der Waals surface area contributed by atoms with Crippen LogP contribution in [-0.2, 0) is 6.42 Å². The molecule has 0 aliphatic carbocycles. The van der Waals surface area contributed by atoms with Crippen LogP contribution in [-0.4, -0.2) is 22.7 Å². The monoisotopic (exact) mass is 228 g/mol. The van der Waals surface area contributed by atoms with Gasteiger partial charge in [0.2, 0.25) is 0 Å². The summed E-state index contributed by atoms with van der Waals surface area (Å²) < 4.78 is 0. The van der Waals surface area contributed by atoms with E-state index in [2.05, 4.69) is 29.5 Å². The zero-order valence-corrected chi connectivity index (χ0v) is 10.5. The Balaban J connectivity index is 2.42. The lowest BCUT2D eigenvalue weighted by Crippen LogP contribution is -2.28. The molecular weight excluding hydrogens is 208 g/mol. The quantitative estimate of drug-likeness (QED) is 0.784. The van der Waals surface area contributed by atoms with Crippen molar-refractivity contribution in [2.24, 2.45) is 0 Å². The van der Waals surface area contributed by atoms with E-state index < -0.39 is 0 Å². The molecule has 86 valence electrons. The Labute approximate surface area is 95.6 Å². The summed E-state index contributed by atoms with van der Waals surface area (Å²) in [5.41, 5.74) is 1.08. The molecule has 0 saturated carbocycles. The molecule has 0 fully saturated rings. The van der Waals surface area contributed by atoms with Gasteiger partial charge in [-0.1, -0.05) is 13.8 Å². The van der Waals surface area contributed by atoms with Gasteiger partial charge in [-0.2, -0.15) is 0 Å². The Morgan fingerprint density at radius 2 is 2.27 bits per heavy atom. The van der Waals surface area contributed by atoms with Gasteiger partial charge in [0, 0.05) is 18.0 Å². The van der Waals surface area contributed by atoms with E-state index in [4.69, 9.17) is 0 Å². The number of aliphatic hydroxyl groups is 1. The van der Waals surface area contributed by atoms with Gasteiger partial charge >= 0.3 is 0 Å². The van der Waals surface area contributed by atoms with Crippen LogP contribution in [0.25, 0.3) is 0 Å². The normalized spacial score (nSPS) is 15.2. The molecule has 3 nitrogen and oxygen atoms in total. The maximum absolute atomic E-state index is 9.42. The number of thiazole rings is 1. The smallest absolute Gasteiger partial charge is 0.0926 e. The number of aryl methyl sites for hydroxylation is 1. The van der Waals surface area contributed by atoms with Gasteiger partial charge in [-0.3, -0.25) is 0 Å². The maximum atomic E-state index is 9.42. The number of hydrogen-bond donors (Lipinski definition) is 2. The molecule has 2 atom stereocenters. The number of aromatic nitrogens is 1. The standard InChI is InChI=1S/C11H20N2OS/c1-4-9(14)6-12-8(3)10-7-15-11(5-2)13-10/h7-9,12,14H,4-6H2,1-3H3/t8-,9-/m1/s1. The Morgan fingerprint density at radius 3 is 2.80 bits per heavy atom. The molecule has 1 heterocycles. The average molecular weight is 228 g/mol. The van der Waals surface area contributed by atoms with Crippen LogP contribution >= 0.6 is 11.3 Å². The van der Waals surface area contributed by atoms with Crippen LogP contribution in [0, 0.1) is 0 Å². The third kappa shape index (κ3) is 3.89. The van der Waals surface area contributed by atoms with E-state index in [-0.39, 0.29) is 12.1 Å². The SMILES string of the molecule is CCc1nc([C@@H](C)NC[C@H](O)CC)cs1. The topological polar surface area (TPSA) is 45.2 Å². The van der Waals surface area contributed by atoms with Crippen LogP contribution in [0.15, 0.2) is 5.38 Å². The lowest BCUT2D eigenvalue weighted by molar-refractivity contribution is 0.163. The minimum atomic E-state index is -0.253. The van der Waals surface area contributed by atoms with Crippen molar-refractivity contribution in [3.05, 3.63) is 16.1 Å². The Morgan fingerprint density at radius 1 is 1.53 bits per heavy atom. The first-order valence-electron chi connectivity index (χ1n) is 5.53. The summed E-state index contributed by atoms with van der Waals surface area (Å²) in [4.78, 5) is 4.51. The maximum Gasteiger partial charge on any atom is 0.0926 e. The third-order valence-corrected chi connectivity index (χ3v) is 3.46. The van der Waals surface area contributed by atoms with Crippen molar-refractivity contribution in [3.8, 4) is 0 Å². The highest BCUT2D eigenvalue weighted by Gasteiger charge is 2.10. The predicted molar refractivity (Wildman–Crippen MR) is 64.2 cm³/mol. The Bertz CT molecular complexity index is 288. The first-order chi connectivity index (χ1) is 7.17. The van der Waals surface area contributed by atoms with Crippen molar-refractivity contribution in [1.82, 2.24) is 10.3 Å². The molecule has 0 spiro atoms. The second kappa shape index (κ2) is 6.20. The molecule has 0 saturated heterocycles. The summed E-state index contributed by atoms with van der Waals surface area (Å²) in [7, 11) is 0. The molecular formula is C11H20N2OS. The van der Waals surface area contributed by atoms with E-state index in [0.29, 0.717) is 6.54 Å². The van der Waals surface area contributed by atoms with Gasteiger partial charge in [0.1, 0.15) is 0 Å². The summed E-state index contributed by atoms with van der Waals surface area (Å²) in [5, 5.41) is 16.0. The zero-order valence-electron chi connectivity index (χ0n) is 9.66. The lowest BCUT2D eigenvalue weighted by Gasteiger charge is -2.14. The van der Waals surface area contributed by atoms with E-state index in [0.717, 1.165) is 18.5 Å². The number of rotatable bonds is 6. The molecule has 4 heteroatoms. The van der Waals surface area contributed by atoms with Crippen LogP contribution in [0.3, 0.4) is 0 Å². The summed E-state index contributed by atoms with van der Waals surface area (Å²) in [6, 6.07) is 0.225. The second-order valence-corrected chi connectivity index (χ2v) is 4.65. The van der Waals surface area contributed by atoms with Gasteiger partial charge in [0.05, 0.1) is 16.8 Å². The van der Waals surface area contributed by atoms with Crippen molar-refractivity contribution in [2.75, 3.05) is 6.54 Å². The highest BCUT2D eigenvalue weighted by Crippen LogP contribution is 2.16. The number of aliphatic hydroxyl groups excluding tert-OH is 1. The van der Waals surface area contributed by atoms with Crippen molar-refractivity contribution >= 4 is 11.3 Å². The highest BCUT2D eigenvalue weighted by molar-refractivity contribution is 7.09. The third-order valence-electron chi connectivity index (χ3n) is 2.45. The van der Waals surface area contributed by atoms with E-state index in [9.17, 15) is 5.11 Å². The van der Waals surface area contributed by atoms with Gasteiger partial charge in [-0.25, -0.2) is 4.98 Å². The predicted octanol–water partition coefficient (Wildman–Crippen LogP) is 2.13. The number of hydrogen-bond acceptors (Lipinski definition) is 4. The van der Waals surface area contributed by atoms with Crippen molar-refractivity contribution < 1.29 is 5.11 Å². The molecule has 15 heavy (non-hydrogen) atoms. The molecule has 0 unspecified atom stereocenters. The first kappa shape index (κ1) is 12.6. The fraction of sp³-hybridized carbons (Fsp3) is 0.727. The molecule has 0 aliphatic rings. The summed E-state index contributed by atoms with van der Waals surface area (Å²) in [6.07, 6.45) is 1.53. The van der Waals surface area contributed by atoms with Crippen LogP contribution in [0.2, 0.25) is 0 Å². The van der Waals surface area contributed by atoms with Crippen LogP contribution < -0.4 is 5.32 Å². The molecule has 1 rings (SSSR count). The van der Waals surface area contributed by atoms with E-state index in [1.54, 1.807) is 11.3 Å². The summed E-state index contributed by atoms with van der Waals surface area (Å²) >= 11 is 1.70. The molecule has 1 aromatic rings. The van der Waals surface area contributed by atoms with Crippen LogP contribution in [0.1, 0.15) is 43.9 Å². The van der Waals surface area contributed by atoms with Crippen LogP contribution in [0.5, 0.6) is 0 Å². The first-order valence-corrected chi connectivity index (χ1v) is 6.41. The highest BCUT2D eigenvalue weighted by atomic mass is 32.1. The van der Waals surface area contributed by atoms with Gasteiger partial charge in [0.25, 0.3) is 0 Å². The van der Waals surface area contributed by atoms with Gasteiger partial charge < -0.3 is 10.4 Å². The van der Waals surface area contributed by atoms with E-state index in [1.165, 1.54) is 5.01 Å². The van der Waals surface area contributed by atoms with Gasteiger partial charge in [-0.15, -0.1) is 11.3 Å². The number of nitrogens with one attached hydrogen (secondary N) is 1. The van der Waals surface area contributed by atoms with Crippen LogP contribution in [0.4, 0.5) is 0 Å². The molecule has 0 radical (unpaired) electrons. The fourth-order valence-electron chi connectivity index (χ4n) is 1.25. The van der Waals surface area contributed by atoms with E-state index in [1.807, 2.05) is 6.92 Å². The molecule has 0 bridgehead atoms. The van der Waals surface area contributed by atoms with Crippen molar-refractivity contribution in [3.63, 3.8) is 0 Å².